The Kier molecular flexibility index (Phi) is 6.01. The summed E-state index contributed by atoms with van der Waals surface area (Å²) in [5.74, 6) is 1.48. The van der Waals surface area contributed by atoms with E-state index in [2.05, 4.69) is 18.1 Å². The van der Waals surface area contributed by atoms with E-state index < -0.39 is 0 Å². The van der Waals surface area contributed by atoms with Crippen LogP contribution in [0.3, 0.4) is 0 Å². The number of pyridine rings is 1. The van der Waals surface area contributed by atoms with Crippen molar-refractivity contribution in [3.63, 3.8) is 0 Å². The molecular weight excluding hydrogens is 352 g/mol. The van der Waals surface area contributed by atoms with Gasteiger partial charge in [-0.2, -0.15) is 0 Å². The van der Waals surface area contributed by atoms with Gasteiger partial charge in [0.05, 0.1) is 25.6 Å². The molecule has 0 radical (unpaired) electrons. The highest BCUT2D eigenvalue weighted by Crippen LogP contribution is 2.36. The van der Waals surface area contributed by atoms with E-state index in [9.17, 15) is 0 Å². The molecule has 3 rings (SSSR count). The van der Waals surface area contributed by atoms with Gasteiger partial charge in [0.2, 0.25) is 0 Å². The average molecular weight is 378 g/mol. The fraction of sp³-hybridized carbons (Fsp3) is 0.227. The van der Waals surface area contributed by atoms with Crippen LogP contribution in [0.5, 0.6) is 11.5 Å². The van der Waals surface area contributed by atoms with Crippen molar-refractivity contribution in [2.45, 2.75) is 6.54 Å². The quantitative estimate of drug-likeness (QED) is 0.574. The van der Waals surface area contributed by atoms with E-state index in [4.69, 9.17) is 20.2 Å². The summed E-state index contributed by atoms with van der Waals surface area (Å²) in [6, 6.07) is 9.47. The van der Waals surface area contributed by atoms with Crippen LogP contribution in [0, 0.1) is 0 Å². The fourth-order valence-corrected chi connectivity index (χ4v) is 3.26. The first-order valence-corrected chi connectivity index (χ1v) is 9.04. The van der Waals surface area contributed by atoms with Crippen molar-refractivity contribution in [3.8, 4) is 22.8 Å². The molecule has 1 aromatic carbocycles. The standard InChI is InChI=1S/C22H26N4O2/c1-5-11-25(12-6-2)15-19-22(24-21-10-7-16(23)14-26(19)21)18-13-17(27-3)8-9-20(18)28-4/h5-10,13-14H,1-2,11-12,15,23H2,3-4H3. The normalized spacial score (nSPS) is 11.0. The van der Waals surface area contributed by atoms with Crippen molar-refractivity contribution in [2.24, 2.45) is 0 Å². The molecule has 146 valence electrons. The molecule has 0 aliphatic rings. The SMILES string of the molecule is C=CCN(CC=C)Cc1c(-c2cc(OC)ccc2OC)nc2ccc(N)cn12. The summed E-state index contributed by atoms with van der Waals surface area (Å²) in [4.78, 5) is 7.10. The molecule has 28 heavy (non-hydrogen) atoms. The van der Waals surface area contributed by atoms with E-state index in [1.165, 1.54) is 0 Å². The van der Waals surface area contributed by atoms with E-state index in [0.717, 1.165) is 47.2 Å². The van der Waals surface area contributed by atoms with Crippen molar-refractivity contribution in [1.82, 2.24) is 14.3 Å². The van der Waals surface area contributed by atoms with Gasteiger partial charge in [0.15, 0.2) is 0 Å². The van der Waals surface area contributed by atoms with Crippen molar-refractivity contribution < 1.29 is 9.47 Å². The lowest BCUT2D eigenvalue weighted by Gasteiger charge is -2.20. The zero-order valence-electron chi connectivity index (χ0n) is 16.4. The lowest BCUT2D eigenvalue weighted by atomic mass is 10.1. The number of nitrogens with two attached hydrogens (primary N) is 1. The molecule has 0 spiro atoms. The molecule has 2 heterocycles. The summed E-state index contributed by atoms with van der Waals surface area (Å²) in [6.45, 7) is 9.84. The zero-order valence-corrected chi connectivity index (χ0v) is 16.4. The van der Waals surface area contributed by atoms with Gasteiger partial charge in [-0.1, -0.05) is 12.2 Å². The number of rotatable bonds is 9. The van der Waals surface area contributed by atoms with Crippen LogP contribution in [0.15, 0.2) is 61.8 Å². The number of imidazole rings is 1. The lowest BCUT2D eigenvalue weighted by molar-refractivity contribution is 0.323. The number of nitrogens with zero attached hydrogens (tertiary/aromatic N) is 3. The number of methoxy groups -OCH3 is 2. The van der Waals surface area contributed by atoms with Crippen molar-refractivity contribution in [2.75, 3.05) is 33.0 Å². The third-order valence-corrected chi connectivity index (χ3v) is 4.55. The molecule has 0 bridgehead atoms. The number of aromatic nitrogens is 2. The van der Waals surface area contributed by atoms with E-state index in [1.54, 1.807) is 14.2 Å². The largest absolute Gasteiger partial charge is 0.497 e. The summed E-state index contributed by atoms with van der Waals surface area (Å²) >= 11 is 0. The molecule has 6 nitrogen and oxygen atoms in total. The minimum atomic E-state index is 0.651. The molecule has 0 fully saturated rings. The Balaban J connectivity index is 2.22. The van der Waals surface area contributed by atoms with Crippen LogP contribution < -0.4 is 15.2 Å². The number of ether oxygens (including phenoxy) is 2. The second-order valence-corrected chi connectivity index (χ2v) is 6.44. The number of hydrogen-bond donors (Lipinski definition) is 1. The number of hydrogen-bond acceptors (Lipinski definition) is 5. The van der Waals surface area contributed by atoms with Gasteiger partial charge in [0, 0.05) is 37.1 Å². The summed E-state index contributed by atoms with van der Waals surface area (Å²) in [5.41, 5.74) is 10.3. The van der Waals surface area contributed by atoms with Crippen molar-refractivity contribution in [3.05, 3.63) is 67.5 Å². The molecule has 0 saturated heterocycles. The molecule has 2 N–H and O–H groups in total. The number of nitrogen functional groups attached to an aromatic ring is 1. The van der Waals surface area contributed by atoms with Gasteiger partial charge in [-0.3, -0.25) is 4.90 Å². The molecular formula is C22H26N4O2. The number of fused-ring (bicyclic) bond motifs is 1. The molecule has 2 aromatic heterocycles. The maximum absolute atomic E-state index is 6.05. The Labute approximate surface area is 165 Å². The molecule has 0 unspecified atom stereocenters. The summed E-state index contributed by atoms with van der Waals surface area (Å²) in [5, 5.41) is 0. The predicted octanol–water partition coefficient (Wildman–Crippen LogP) is 3.77. The second kappa shape index (κ2) is 8.63. The van der Waals surface area contributed by atoms with Gasteiger partial charge < -0.3 is 19.6 Å². The molecule has 0 atom stereocenters. The third kappa shape index (κ3) is 3.87. The highest BCUT2D eigenvalue weighted by Gasteiger charge is 2.20. The van der Waals surface area contributed by atoms with Crippen LogP contribution in [-0.4, -0.2) is 41.6 Å². The second-order valence-electron chi connectivity index (χ2n) is 6.44. The molecule has 3 aromatic rings. The van der Waals surface area contributed by atoms with Gasteiger partial charge in [-0.25, -0.2) is 4.98 Å². The predicted molar refractivity (Wildman–Crippen MR) is 114 cm³/mol. The van der Waals surface area contributed by atoms with Crippen LogP contribution in [0.2, 0.25) is 0 Å². The zero-order chi connectivity index (χ0) is 20.1. The van der Waals surface area contributed by atoms with E-state index >= 15 is 0 Å². The highest BCUT2D eigenvalue weighted by atomic mass is 16.5. The first kappa shape index (κ1) is 19.5. The maximum Gasteiger partial charge on any atom is 0.137 e. The topological polar surface area (TPSA) is 65.0 Å². The van der Waals surface area contributed by atoms with Crippen LogP contribution in [0.4, 0.5) is 5.69 Å². The first-order chi connectivity index (χ1) is 13.6. The van der Waals surface area contributed by atoms with E-state index in [0.29, 0.717) is 12.2 Å². The van der Waals surface area contributed by atoms with Crippen LogP contribution in [-0.2, 0) is 6.54 Å². The van der Waals surface area contributed by atoms with Crippen molar-refractivity contribution in [1.29, 1.82) is 0 Å². The Hall–Kier alpha value is -3.25. The van der Waals surface area contributed by atoms with Gasteiger partial charge in [-0.05, 0) is 30.3 Å². The van der Waals surface area contributed by atoms with Crippen molar-refractivity contribution >= 4 is 11.3 Å². The van der Waals surface area contributed by atoms with Crippen LogP contribution >= 0.6 is 0 Å². The molecule has 0 amide bonds. The van der Waals surface area contributed by atoms with Gasteiger partial charge in [0.25, 0.3) is 0 Å². The number of benzene rings is 1. The third-order valence-electron chi connectivity index (χ3n) is 4.55. The monoisotopic (exact) mass is 378 g/mol. The molecule has 6 heteroatoms. The van der Waals surface area contributed by atoms with Gasteiger partial charge >= 0.3 is 0 Å². The number of anilines is 1. The van der Waals surface area contributed by atoms with Crippen LogP contribution in [0.1, 0.15) is 5.69 Å². The average Bonchev–Trinajstić information content (AvgIpc) is 3.05. The first-order valence-electron chi connectivity index (χ1n) is 9.04. The van der Waals surface area contributed by atoms with Gasteiger partial charge in [0.1, 0.15) is 17.1 Å². The van der Waals surface area contributed by atoms with Gasteiger partial charge in [-0.15, -0.1) is 13.2 Å². The Morgan fingerprint density at radius 1 is 1.11 bits per heavy atom. The Bertz CT molecular complexity index is 984. The Morgan fingerprint density at radius 2 is 1.86 bits per heavy atom. The molecule has 0 saturated carbocycles. The summed E-state index contributed by atoms with van der Waals surface area (Å²) < 4.78 is 13.0. The molecule has 0 aliphatic carbocycles. The van der Waals surface area contributed by atoms with Crippen LogP contribution in [0.25, 0.3) is 16.9 Å². The lowest BCUT2D eigenvalue weighted by Crippen LogP contribution is -2.24. The summed E-state index contributed by atoms with van der Waals surface area (Å²) in [6.07, 6.45) is 5.66. The maximum atomic E-state index is 6.05. The molecule has 0 aliphatic heterocycles. The smallest absolute Gasteiger partial charge is 0.137 e. The minimum absolute atomic E-state index is 0.651. The van der Waals surface area contributed by atoms with E-state index in [1.807, 2.05) is 53.1 Å². The Morgan fingerprint density at radius 3 is 2.50 bits per heavy atom. The minimum Gasteiger partial charge on any atom is -0.497 e. The van der Waals surface area contributed by atoms with E-state index in [-0.39, 0.29) is 0 Å². The summed E-state index contributed by atoms with van der Waals surface area (Å²) in [7, 11) is 3.30. The fourth-order valence-electron chi connectivity index (χ4n) is 3.26. The highest BCUT2D eigenvalue weighted by molar-refractivity contribution is 5.74.